The van der Waals surface area contributed by atoms with Crippen molar-refractivity contribution in [1.29, 1.82) is 0 Å². The summed E-state index contributed by atoms with van der Waals surface area (Å²) in [7, 11) is 5.99. The van der Waals surface area contributed by atoms with E-state index >= 15 is 0 Å². The minimum absolute atomic E-state index is 0.0521. The van der Waals surface area contributed by atoms with E-state index in [2.05, 4.69) is 76.3 Å². The maximum atomic E-state index is 12.9. The molecule has 3 aromatic rings. The van der Waals surface area contributed by atoms with Gasteiger partial charge in [-0.2, -0.15) is 0 Å². The van der Waals surface area contributed by atoms with Crippen molar-refractivity contribution in [3.63, 3.8) is 0 Å². The van der Waals surface area contributed by atoms with Crippen molar-refractivity contribution >= 4 is 28.2 Å². The Bertz CT molecular complexity index is 1140. The highest BCUT2D eigenvalue weighted by Crippen LogP contribution is 2.40. The molecule has 4 rings (SSSR count). The number of rotatable bonds is 6. The molecular formula is C24H32N6O. The molecule has 0 fully saturated rings. The molecule has 0 unspecified atom stereocenters. The van der Waals surface area contributed by atoms with Gasteiger partial charge in [0.2, 0.25) is 0 Å². The number of hydrogen-bond acceptors (Lipinski definition) is 6. The molecule has 164 valence electrons. The van der Waals surface area contributed by atoms with Gasteiger partial charge in [-0.15, -0.1) is 0 Å². The zero-order chi connectivity index (χ0) is 22.3. The van der Waals surface area contributed by atoms with Crippen LogP contribution in [0.15, 0.2) is 24.7 Å². The maximum absolute atomic E-state index is 12.9. The number of hydrogen-bond donors (Lipinski definition) is 2. The number of aromatic nitrogens is 3. The third-order valence-electron chi connectivity index (χ3n) is 6.00. The fraction of sp³-hybridized carbons (Fsp3) is 0.458. The van der Waals surface area contributed by atoms with Crippen LogP contribution in [0.5, 0.6) is 0 Å². The minimum atomic E-state index is -0.0521. The zero-order valence-electron chi connectivity index (χ0n) is 19.3. The highest BCUT2D eigenvalue weighted by molar-refractivity contribution is 6.02. The number of anilines is 2. The summed E-state index contributed by atoms with van der Waals surface area (Å²) in [5.74, 6) is 1.04. The molecule has 0 saturated carbocycles. The SMILES string of the molecule is CNc1ncnc2c(NCCN(C)C)c(-n3cc(C)c4c3CC(C)(C)CC4=O)ccc12. The van der Waals surface area contributed by atoms with E-state index in [1.807, 2.05) is 14.0 Å². The summed E-state index contributed by atoms with van der Waals surface area (Å²) in [6.07, 6.45) is 5.15. The fourth-order valence-electron chi connectivity index (χ4n) is 4.59. The number of benzene rings is 1. The molecule has 0 bridgehead atoms. The Hall–Kier alpha value is -2.93. The summed E-state index contributed by atoms with van der Waals surface area (Å²) in [6, 6.07) is 4.17. The second-order valence-corrected chi connectivity index (χ2v) is 9.50. The fourth-order valence-corrected chi connectivity index (χ4v) is 4.59. The Balaban J connectivity index is 1.92. The first-order chi connectivity index (χ1) is 14.7. The first-order valence-corrected chi connectivity index (χ1v) is 10.8. The van der Waals surface area contributed by atoms with Crippen LogP contribution in [-0.4, -0.2) is 59.5 Å². The number of ketones is 1. The van der Waals surface area contributed by atoms with Gasteiger partial charge in [0.1, 0.15) is 17.7 Å². The van der Waals surface area contributed by atoms with Gasteiger partial charge in [-0.05, 0) is 50.6 Å². The van der Waals surface area contributed by atoms with Crippen molar-refractivity contribution in [2.75, 3.05) is 44.9 Å². The molecule has 0 radical (unpaired) electrons. The van der Waals surface area contributed by atoms with Gasteiger partial charge >= 0.3 is 0 Å². The average Bonchev–Trinajstić information content (AvgIpc) is 3.02. The number of nitrogens with one attached hydrogen (secondary N) is 2. The highest BCUT2D eigenvalue weighted by atomic mass is 16.1. The summed E-state index contributed by atoms with van der Waals surface area (Å²) in [6.45, 7) is 8.05. The molecule has 1 aliphatic carbocycles. The van der Waals surface area contributed by atoms with Gasteiger partial charge < -0.3 is 20.1 Å². The second kappa shape index (κ2) is 7.96. The number of nitrogens with zero attached hydrogens (tertiary/aromatic N) is 4. The molecule has 2 heterocycles. The lowest BCUT2D eigenvalue weighted by molar-refractivity contribution is 0.0910. The van der Waals surface area contributed by atoms with Crippen molar-refractivity contribution in [2.45, 2.75) is 33.6 Å². The number of Topliss-reactive ketones (excluding diaryl/α,β-unsaturated/α-hetero) is 1. The van der Waals surface area contributed by atoms with Gasteiger partial charge in [0.15, 0.2) is 5.78 Å². The lowest BCUT2D eigenvalue weighted by atomic mass is 9.75. The van der Waals surface area contributed by atoms with Crippen LogP contribution in [0.3, 0.4) is 0 Å². The first-order valence-electron chi connectivity index (χ1n) is 10.8. The number of carbonyl (C=O) groups excluding carboxylic acids is 1. The summed E-state index contributed by atoms with van der Waals surface area (Å²) < 4.78 is 2.20. The average molecular weight is 421 g/mol. The van der Waals surface area contributed by atoms with Gasteiger partial charge in [-0.25, -0.2) is 9.97 Å². The Kier molecular flexibility index (Phi) is 5.47. The molecule has 0 aliphatic heterocycles. The molecular weight excluding hydrogens is 388 g/mol. The monoisotopic (exact) mass is 420 g/mol. The van der Waals surface area contributed by atoms with Crippen LogP contribution < -0.4 is 10.6 Å². The van der Waals surface area contributed by atoms with Crippen molar-refractivity contribution in [1.82, 2.24) is 19.4 Å². The summed E-state index contributed by atoms with van der Waals surface area (Å²) >= 11 is 0. The number of likely N-dealkylation sites (N-methyl/N-ethyl adjacent to an activating group) is 1. The van der Waals surface area contributed by atoms with Crippen LogP contribution in [0, 0.1) is 12.3 Å². The van der Waals surface area contributed by atoms with E-state index in [1.54, 1.807) is 6.33 Å². The predicted octanol–water partition coefficient (Wildman–Crippen LogP) is 3.90. The van der Waals surface area contributed by atoms with Gasteiger partial charge in [-0.3, -0.25) is 4.79 Å². The van der Waals surface area contributed by atoms with Crippen LogP contribution in [0.25, 0.3) is 16.6 Å². The maximum Gasteiger partial charge on any atom is 0.165 e. The van der Waals surface area contributed by atoms with Crippen LogP contribution in [-0.2, 0) is 6.42 Å². The van der Waals surface area contributed by atoms with E-state index in [0.717, 1.165) is 64.4 Å². The molecule has 0 atom stereocenters. The quantitative estimate of drug-likeness (QED) is 0.630. The van der Waals surface area contributed by atoms with E-state index in [4.69, 9.17) is 0 Å². The number of aryl methyl sites for hydroxylation is 1. The van der Waals surface area contributed by atoms with E-state index in [9.17, 15) is 4.79 Å². The molecule has 1 aliphatic rings. The largest absolute Gasteiger partial charge is 0.380 e. The van der Waals surface area contributed by atoms with Crippen LogP contribution in [0.4, 0.5) is 11.5 Å². The van der Waals surface area contributed by atoms with E-state index < -0.39 is 0 Å². The molecule has 2 aromatic heterocycles. The Labute approximate surface area is 183 Å². The highest BCUT2D eigenvalue weighted by Gasteiger charge is 2.35. The van der Waals surface area contributed by atoms with Crippen LogP contribution in [0.2, 0.25) is 0 Å². The van der Waals surface area contributed by atoms with Gasteiger partial charge in [-0.1, -0.05) is 13.8 Å². The second-order valence-electron chi connectivity index (χ2n) is 9.50. The van der Waals surface area contributed by atoms with Crippen molar-refractivity contribution in [3.05, 3.63) is 41.5 Å². The van der Waals surface area contributed by atoms with E-state index in [1.165, 1.54) is 0 Å². The van der Waals surface area contributed by atoms with Crippen molar-refractivity contribution in [2.24, 2.45) is 5.41 Å². The Morgan fingerprint density at radius 1 is 1.19 bits per heavy atom. The van der Waals surface area contributed by atoms with Crippen molar-refractivity contribution in [3.8, 4) is 5.69 Å². The van der Waals surface area contributed by atoms with Crippen molar-refractivity contribution < 1.29 is 4.79 Å². The molecule has 1 aromatic carbocycles. The van der Waals surface area contributed by atoms with E-state index in [-0.39, 0.29) is 11.2 Å². The summed E-state index contributed by atoms with van der Waals surface area (Å²) in [5.41, 5.74) is 5.82. The summed E-state index contributed by atoms with van der Waals surface area (Å²) in [5, 5.41) is 7.75. The molecule has 31 heavy (non-hydrogen) atoms. The normalized spacial score (nSPS) is 15.4. The van der Waals surface area contributed by atoms with Crippen LogP contribution >= 0.6 is 0 Å². The molecule has 0 saturated heterocycles. The topological polar surface area (TPSA) is 75.1 Å². The molecule has 0 spiro atoms. The molecule has 7 heteroatoms. The number of fused-ring (bicyclic) bond motifs is 2. The Morgan fingerprint density at radius 3 is 2.68 bits per heavy atom. The molecule has 2 N–H and O–H groups in total. The predicted molar refractivity (Wildman–Crippen MR) is 127 cm³/mol. The van der Waals surface area contributed by atoms with Gasteiger partial charge in [0, 0.05) is 49.4 Å². The lowest BCUT2D eigenvalue weighted by Crippen LogP contribution is -2.28. The van der Waals surface area contributed by atoms with Gasteiger partial charge in [0.05, 0.1) is 11.4 Å². The summed E-state index contributed by atoms with van der Waals surface area (Å²) in [4.78, 5) is 24.1. The van der Waals surface area contributed by atoms with Crippen LogP contribution in [0.1, 0.15) is 41.9 Å². The minimum Gasteiger partial charge on any atom is -0.380 e. The molecule has 0 amide bonds. The third-order valence-corrected chi connectivity index (χ3v) is 6.00. The molecule has 7 nitrogen and oxygen atoms in total. The smallest absolute Gasteiger partial charge is 0.165 e. The first kappa shape index (κ1) is 21.3. The third kappa shape index (κ3) is 3.90. The van der Waals surface area contributed by atoms with E-state index in [0.29, 0.717) is 6.42 Å². The van der Waals surface area contributed by atoms with Gasteiger partial charge in [0.25, 0.3) is 0 Å². The lowest BCUT2D eigenvalue weighted by Gasteiger charge is -2.30. The Morgan fingerprint density at radius 2 is 1.97 bits per heavy atom. The number of carbonyl (C=O) groups is 1. The standard InChI is InChI=1S/C24H32N6O/c1-15-13-30(18-11-24(2,3)12-19(31)20(15)18)17-8-7-16-21(27-14-28-23(16)25-4)22(17)26-9-10-29(5)6/h7-8,13-14,26H,9-12H2,1-6H3,(H,25,27,28). The zero-order valence-corrected chi connectivity index (χ0v) is 19.3.